The van der Waals surface area contributed by atoms with Gasteiger partial charge in [0.15, 0.2) is 17.3 Å². The van der Waals surface area contributed by atoms with Crippen LogP contribution in [0.15, 0.2) is 41.0 Å². The second-order valence-electron chi connectivity index (χ2n) is 8.05. The minimum atomic E-state index is -1.19. The number of furan rings is 1. The second kappa shape index (κ2) is 10.2. The largest absolute Gasteiger partial charge is 0.493 e. The van der Waals surface area contributed by atoms with Crippen LogP contribution in [0, 0.1) is 5.92 Å². The van der Waals surface area contributed by atoms with E-state index in [4.69, 9.17) is 18.6 Å². The minimum Gasteiger partial charge on any atom is -0.493 e. The summed E-state index contributed by atoms with van der Waals surface area (Å²) in [5.74, 6) is -2.03. The van der Waals surface area contributed by atoms with Gasteiger partial charge in [0.2, 0.25) is 11.6 Å². The second-order valence-corrected chi connectivity index (χ2v) is 8.05. The molecule has 0 radical (unpaired) electrons. The zero-order valence-electron chi connectivity index (χ0n) is 18.8. The fraction of sp³-hybridized carbons (Fsp3) is 0.458. The summed E-state index contributed by atoms with van der Waals surface area (Å²) in [6.07, 6.45) is 2.05. The van der Waals surface area contributed by atoms with Crippen LogP contribution >= 0.6 is 0 Å². The van der Waals surface area contributed by atoms with E-state index in [0.29, 0.717) is 43.2 Å². The number of Topliss-reactive ketones (excluding diaryl/α,β-unsaturated/α-hetero) is 2. The van der Waals surface area contributed by atoms with Crippen LogP contribution in [0.5, 0.6) is 11.5 Å². The highest BCUT2D eigenvalue weighted by molar-refractivity contribution is 6.43. The van der Waals surface area contributed by atoms with Gasteiger partial charge < -0.3 is 23.5 Å². The maximum absolute atomic E-state index is 13.2. The Bertz CT molecular complexity index is 998. The lowest BCUT2D eigenvalue weighted by atomic mass is 9.88. The number of rotatable bonds is 9. The zero-order chi connectivity index (χ0) is 23.4. The molecule has 2 atom stereocenters. The molecule has 0 aliphatic carbocycles. The number of ether oxygens (including phenoxy) is 3. The standard InChI is InChI=1S/C24H28N2O7/c1-30-17-7-6-16(15-19(17)31-2)21-20(22(27)18-5-3-12-33-18)23(28)24(29)26(21)9-4-8-25-10-13-32-14-11-25/h3,5-7,12,15,20-21H,4,8-11,13-14H2,1-2H3. The molecule has 9 nitrogen and oxygen atoms in total. The lowest BCUT2D eigenvalue weighted by molar-refractivity contribution is -0.140. The van der Waals surface area contributed by atoms with Crippen LogP contribution < -0.4 is 9.47 Å². The fourth-order valence-corrected chi connectivity index (χ4v) is 4.50. The number of nitrogens with zero attached hydrogens (tertiary/aromatic N) is 2. The molecular weight excluding hydrogens is 428 g/mol. The van der Waals surface area contributed by atoms with Crippen molar-refractivity contribution in [2.45, 2.75) is 12.5 Å². The van der Waals surface area contributed by atoms with Crippen LogP contribution in [-0.4, -0.2) is 80.9 Å². The number of hydrogen-bond donors (Lipinski definition) is 0. The first-order valence-electron chi connectivity index (χ1n) is 11.0. The third-order valence-corrected chi connectivity index (χ3v) is 6.18. The summed E-state index contributed by atoms with van der Waals surface area (Å²) in [5, 5.41) is 0. The summed E-state index contributed by atoms with van der Waals surface area (Å²) in [6, 6.07) is 7.52. The molecule has 0 spiro atoms. The van der Waals surface area contributed by atoms with Crippen molar-refractivity contribution in [3.8, 4) is 11.5 Å². The molecule has 0 bridgehead atoms. The summed E-state index contributed by atoms with van der Waals surface area (Å²) in [5.41, 5.74) is 0.628. The SMILES string of the molecule is COc1ccc(C2C(C(=O)c3ccco3)C(=O)C(=O)N2CCCN2CCOCC2)cc1OC. The van der Waals surface area contributed by atoms with Crippen molar-refractivity contribution < 1.29 is 33.0 Å². The van der Waals surface area contributed by atoms with Gasteiger partial charge in [-0.1, -0.05) is 6.07 Å². The first-order valence-corrected chi connectivity index (χ1v) is 11.0. The molecule has 3 heterocycles. The highest BCUT2D eigenvalue weighted by Gasteiger charge is 2.52. The van der Waals surface area contributed by atoms with Crippen LogP contribution in [0.4, 0.5) is 0 Å². The predicted molar refractivity (Wildman–Crippen MR) is 117 cm³/mol. The smallest absolute Gasteiger partial charge is 0.291 e. The molecule has 9 heteroatoms. The summed E-state index contributed by atoms with van der Waals surface area (Å²) in [7, 11) is 3.04. The van der Waals surface area contributed by atoms with Crippen molar-refractivity contribution in [1.82, 2.24) is 9.80 Å². The summed E-state index contributed by atoms with van der Waals surface area (Å²) < 4.78 is 21.4. The Morgan fingerprint density at radius 1 is 1.06 bits per heavy atom. The van der Waals surface area contributed by atoms with Crippen molar-refractivity contribution >= 4 is 17.5 Å². The van der Waals surface area contributed by atoms with E-state index < -0.39 is 29.4 Å². The summed E-state index contributed by atoms with van der Waals surface area (Å²) in [4.78, 5) is 43.1. The van der Waals surface area contributed by atoms with Crippen LogP contribution in [0.25, 0.3) is 0 Å². The van der Waals surface area contributed by atoms with E-state index in [1.165, 1.54) is 31.4 Å². The highest BCUT2D eigenvalue weighted by atomic mass is 16.5. The number of morpholine rings is 1. The molecule has 33 heavy (non-hydrogen) atoms. The average Bonchev–Trinajstić information content (AvgIpc) is 3.47. The third-order valence-electron chi connectivity index (χ3n) is 6.18. The molecule has 2 fully saturated rings. The minimum absolute atomic E-state index is 0.0572. The van der Waals surface area contributed by atoms with Crippen molar-refractivity contribution in [2.75, 3.05) is 53.6 Å². The van der Waals surface area contributed by atoms with Gasteiger partial charge in [0.1, 0.15) is 5.92 Å². The molecule has 2 unspecified atom stereocenters. The third kappa shape index (κ3) is 4.65. The maximum Gasteiger partial charge on any atom is 0.291 e. The highest BCUT2D eigenvalue weighted by Crippen LogP contribution is 2.41. The molecule has 2 aliphatic heterocycles. The van der Waals surface area contributed by atoms with E-state index in [1.54, 1.807) is 24.3 Å². The molecular formula is C24H28N2O7. The van der Waals surface area contributed by atoms with Gasteiger partial charge >= 0.3 is 0 Å². The average molecular weight is 456 g/mol. The van der Waals surface area contributed by atoms with E-state index in [-0.39, 0.29) is 5.76 Å². The van der Waals surface area contributed by atoms with Gasteiger partial charge in [-0.15, -0.1) is 0 Å². The van der Waals surface area contributed by atoms with Gasteiger partial charge in [-0.2, -0.15) is 0 Å². The molecule has 2 saturated heterocycles. The monoisotopic (exact) mass is 456 g/mol. The molecule has 2 aromatic rings. The van der Waals surface area contributed by atoms with Crippen LogP contribution in [0.3, 0.4) is 0 Å². The number of carbonyl (C=O) groups is 3. The maximum atomic E-state index is 13.2. The number of benzene rings is 1. The molecule has 1 aromatic heterocycles. The van der Waals surface area contributed by atoms with Gasteiger partial charge in [0.05, 0.1) is 39.7 Å². The number of methoxy groups -OCH3 is 2. The molecule has 4 rings (SSSR count). The Labute approximate surface area is 192 Å². The van der Waals surface area contributed by atoms with Gasteiger partial charge in [0, 0.05) is 26.2 Å². The number of carbonyl (C=O) groups excluding carboxylic acids is 3. The van der Waals surface area contributed by atoms with Crippen LogP contribution in [0.2, 0.25) is 0 Å². The number of hydrogen-bond acceptors (Lipinski definition) is 8. The Morgan fingerprint density at radius 2 is 1.82 bits per heavy atom. The predicted octanol–water partition coefficient (Wildman–Crippen LogP) is 1.97. The Kier molecular flexibility index (Phi) is 7.10. The van der Waals surface area contributed by atoms with E-state index in [1.807, 2.05) is 0 Å². The summed E-state index contributed by atoms with van der Waals surface area (Å²) >= 11 is 0. The van der Waals surface area contributed by atoms with Gasteiger partial charge in [-0.05, 0) is 36.2 Å². The van der Waals surface area contributed by atoms with E-state index in [0.717, 1.165) is 19.6 Å². The molecule has 0 saturated carbocycles. The molecule has 2 aliphatic rings. The number of amides is 1. The lowest BCUT2D eigenvalue weighted by Gasteiger charge is -2.30. The lowest BCUT2D eigenvalue weighted by Crippen LogP contribution is -2.39. The Hall–Kier alpha value is -3.17. The van der Waals surface area contributed by atoms with Gasteiger partial charge in [-0.3, -0.25) is 19.3 Å². The Morgan fingerprint density at radius 3 is 2.48 bits per heavy atom. The van der Waals surface area contributed by atoms with E-state index >= 15 is 0 Å². The first-order chi connectivity index (χ1) is 16.0. The zero-order valence-corrected chi connectivity index (χ0v) is 18.8. The van der Waals surface area contributed by atoms with Gasteiger partial charge in [0.25, 0.3) is 5.91 Å². The van der Waals surface area contributed by atoms with Crippen molar-refractivity contribution in [2.24, 2.45) is 5.92 Å². The van der Waals surface area contributed by atoms with Crippen molar-refractivity contribution in [3.05, 3.63) is 47.9 Å². The number of likely N-dealkylation sites (tertiary alicyclic amines) is 1. The van der Waals surface area contributed by atoms with Crippen LogP contribution in [-0.2, 0) is 14.3 Å². The topological polar surface area (TPSA) is 98.5 Å². The van der Waals surface area contributed by atoms with Crippen molar-refractivity contribution in [1.29, 1.82) is 0 Å². The number of ketones is 2. The molecule has 1 aromatic carbocycles. The molecule has 1 amide bonds. The quantitative estimate of drug-likeness (QED) is 0.321. The van der Waals surface area contributed by atoms with Crippen LogP contribution in [0.1, 0.15) is 28.6 Å². The summed E-state index contributed by atoms with van der Waals surface area (Å²) in [6.45, 7) is 4.18. The van der Waals surface area contributed by atoms with Gasteiger partial charge in [-0.25, -0.2) is 0 Å². The Balaban J connectivity index is 1.64. The van der Waals surface area contributed by atoms with E-state index in [2.05, 4.69) is 4.90 Å². The van der Waals surface area contributed by atoms with Crippen molar-refractivity contribution in [3.63, 3.8) is 0 Å². The van der Waals surface area contributed by atoms with E-state index in [9.17, 15) is 14.4 Å². The fourth-order valence-electron chi connectivity index (χ4n) is 4.50. The first kappa shape index (κ1) is 23.0. The molecule has 0 N–H and O–H groups in total. The molecule has 176 valence electrons. The normalized spacial score (nSPS) is 21.5.